The number of sulfone groups is 1. The summed E-state index contributed by atoms with van der Waals surface area (Å²) < 4.78 is 41.6. The Morgan fingerprint density at radius 1 is 1.39 bits per heavy atom. The van der Waals surface area contributed by atoms with Crippen LogP contribution in [0, 0.1) is 5.82 Å². The van der Waals surface area contributed by atoms with Crippen LogP contribution in [0.3, 0.4) is 0 Å². The Hall–Kier alpha value is -0.810. The molecular formula is C12H16ClFO3S. The van der Waals surface area contributed by atoms with Crippen LogP contribution in [0.25, 0.3) is 0 Å². The first-order chi connectivity index (χ1) is 8.36. The topological polar surface area (TPSA) is 43.4 Å². The predicted molar refractivity (Wildman–Crippen MR) is 70.4 cm³/mol. The summed E-state index contributed by atoms with van der Waals surface area (Å²) in [5.41, 5.74) is 0.649. The van der Waals surface area contributed by atoms with Gasteiger partial charge in [-0.1, -0.05) is 6.07 Å². The Balaban J connectivity index is 2.60. The zero-order chi connectivity index (χ0) is 13.8. The van der Waals surface area contributed by atoms with E-state index in [1.54, 1.807) is 19.9 Å². The van der Waals surface area contributed by atoms with Crippen molar-refractivity contribution in [1.82, 2.24) is 0 Å². The van der Waals surface area contributed by atoms with Gasteiger partial charge in [0.15, 0.2) is 21.4 Å². The molecule has 0 bridgehead atoms. The van der Waals surface area contributed by atoms with Crippen LogP contribution in [0.2, 0.25) is 0 Å². The molecule has 18 heavy (non-hydrogen) atoms. The smallest absolute Gasteiger partial charge is 0.165 e. The van der Waals surface area contributed by atoms with Crippen LogP contribution in [-0.4, -0.2) is 26.0 Å². The van der Waals surface area contributed by atoms with Crippen molar-refractivity contribution in [2.24, 2.45) is 0 Å². The largest absolute Gasteiger partial charge is 0.489 e. The molecule has 0 aliphatic rings. The van der Waals surface area contributed by atoms with Crippen molar-refractivity contribution in [1.29, 1.82) is 0 Å². The quantitative estimate of drug-likeness (QED) is 0.758. The molecule has 0 N–H and O–H groups in total. The summed E-state index contributed by atoms with van der Waals surface area (Å²) in [6.07, 6.45) is 0. The van der Waals surface area contributed by atoms with Crippen LogP contribution in [-0.2, 0) is 15.7 Å². The highest BCUT2D eigenvalue weighted by molar-refractivity contribution is 7.91. The van der Waals surface area contributed by atoms with Crippen LogP contribution in [0.5, 0.6) is 5.75 Å². The highest BCUT2D eigenvalue weighted by Gasteiger charge is 2.16. The summed E-state index contributed by atoms with van der Waals surface area (Å²) in [5, 5.41) is -0.454. The average molecular weight is 295 g/mol. The van der Waals surface area contributed by atoms with Gasteiger partial charge in [-0.3, -0.25) is 0 Å². The van der Waals surface area contributed by atoms with E-state index < -0.39 is 20.9 Å². The third kappa shape index (κ3) is 4.14. The molecule has 0 aliphatic heterocycles. The number of alkyl halides is 1. The summed E-state index contributed by atoms with van der Waals surface area (Å²) >= 11 is 5.56. The lowest BCUT2D eigenvalue weighted by atomic mass is 10.2. The average Bonchev–Trinajstić information content (AvgIpc) is 2.30. The summed E-state index contributed by atoms with van der Waals surface area (Å²) in [6, 6.07) is 4.37. The Kier molecular flexibility index (Phi) is 5.41. The minimum Gasteiger partial charge on any atom is -0.489 e. The van der Waals surface area contributed by atoms with E-state index in [-0.39, 0.29) is 24.0 Å². The third-order valence-electron chi connectivity index (χ3n) is 2.49. The zero-order valence-electron chi connectivity index (χ0n) is 10.3. The first-order valence-electron chi connectivity index (χ1n) is 5.55. The van der Waals surface area contributed by atoms with Gasteiger partial charge in [0.05, 0.1) is 11.0 Å². The summed E-state index contributed by atoms with van der Waals surface area (Å²) in [4.78, 5) is 0. The van der Waals surface area contributed by atoms with E-state index in [1.807, 2.05) is 0 Å². The number of ether oxygens (including phenoxy) is 1. The maximum atomic E-state index is 13.5. The standard InChI is InChI=1S/C12H16ClFO3S/c1-9(2)18(15,16)6-5-17-12-4-3-10(8-13)7-11(12)14/h3-4,7,9H,5-6,8H2,1-2H3. The van der Waals surface area contributed by atoms with Crippen LogP contribution < -0.4 is 4.74 Å². The maximum Gasteiger partial charge on any atom is 0.165 e. The third-order valence-corrected chi connectivity index (χ3v) is 4.98. The highest BCUT2D eigenvalue weighted by Crippen LogP contribution is 2.19. The molecule has 1 aromatic carbocycles. The molecule has 0 aliphatic carbocycles. The zero-order valence-corrected chi connectivity index (χ0v) is 11.9. The van der Waals surface area contributed by atoms with E-state index in [9.17, 15) is 12.8 Å². The molecular weight excluding hydrogens is 279 g/mol. The van der Waals surface area contributed by atoms with Gasteiger partial charge in [0.2, 0.25) is 0 Å². The number of rotatable bonds is 6. The van der Waals surface area contributed by atoms with E-state index in [0.717, 1.165) is 0 Å². The van der Waals surface area contributed by atoms with E-state index in [1.165, 1.54) is 12.1 Å². The van der Waals surface area contributed by atoms with Crippen molar-refractivity contribution in [2.45, 2.75) is 25.0 Å². The van der Waals surface area contributed by atoms with Crippen molar-refractivity contribution < 1.29 is 17.5 Å². The molecule has 0 unspecified atom stereocenters. The van der Waals surface area contributed by atoms with Gasteiger partial charge in [-0.25, -0.2) is 12.8 Å². The molecule has 0 radical (unpaired) electrons. The molecule has 0 saturated heterocycles. The van der Waals surface area contributed by atoms with E-state index in [2.05, 4.69) is 0 Å². The van der Waals surface area contributed by atoms with Crippen LogP contribution in [0.4, 0.5) is 4.39 Å². The van der Waals surface area contributed by atoms with Gasteiger partial charge in [-0.15, -0.1) is 11.6 Å². The first kappa shape index (κ1) is 15.2. The Labute approximate surface area is 112 Å². The molecule has 0 spiro atoms. The van der Waals surface area contributed by atoms with Crippen molar-refractivity contribution in [2.75, 3.05) is 12.4 Å². The molecule has 1 aromatic rings. The van der Waals surface area contributed by atoms with Crippen molar-refractivity contribution in [3.8, 4) is 5.75 Å². The monoisotopic (exact) mass is 294 g/mol. The van der Waals surface area contributed by atoms with E-state index in [0.29, 0.717) is 5.56 Å². The molecule has 0 heterocycles. The van der Waals surface area contributed by atoms with Crippen molar-refractivity contribution in [3.63, 3.8) is 0 Å². The second-order valence-electron chi connectivity index (χ2n) is 4.16. The van der Waals surface area contributed by atoms with Crippen LogP contribution in [0.15, 0.2) is 18.2 Å². The fourth-order valence-electron chi connectivity index (χ4n) is 1.25. The van der Waals surface area contributed by atoms with Crippen molar-refractivity contribution in [3.05, 3.63) is 29.6 Å². The molecule has 3 nitrogen and oxygen atoms in total. The molecule has 0 aromatic heterocycles. The molecule has 6 heteroatoms. The summed E-state index contributed by atoms with van der Waals surface area (Å²) in [5.74, 6) is -0.391. The van der Waals surface area contributed by atoms with E-state index >= 15 is 0 Å². The SMILES string of the molecule is CC(C)S(=O)(=O)CCOc1ccc(CCl)cc1F. The van der Waals surface area contributed by atoms with Gasteiger partial charge in [0.25, 0.3) is 0 Å². The normalized spacial score (nSPS) is 11.8. The number of halogens is 2. The van der Waals surface area contributed by atoms with Crippen LogP contribution in [0.1, 0.15) is 19.4 Å². The number of hydrogen-bond acceptors (Lipinski definition) is 3. The van der Waals surface area contributed by atoms with Crippen LogP contribution >= 0.6 is 11.6 Å². The van der Waals surface area contributed by atoms with Crippen molar-refractivity contribution >= 4 is 21.4 Å². The lowest BCUT2D eigenvalue weighted by Gasteiger charge is -2.10. The number of benzene rings is 1. The fraction of sp³-hybridized carbons (Fsp3) is 0.500. The van der Waals surface area contributed by atoms with Gasteiger partial charge in [-0.2, -0.15) is 0 Å². The Morgan fingerprint density at radius 2 is 2.06 bits per heavy atom. The lowest BCUT2D eigenvalue weighted by Crippen LogP contribution is -2.22. The highest BCUT2D eigenvalue weighted by atomic mass is 35.5. The number of hydrogen-bond donors (Lipinski definition) is 0. The molecule has 0 amide bonds. The minimum atomic E-state index is -3.16. The summed E-state index contributed by atoms with van der Waals surface area (Å²) in [7, 11) is -3.16. The molecule has 0 saturated carbocycles. The fourth-order valence-corrected chi connectivity index (χ4v) is 2.20. The first-order valence-corrected chi connectivity index (χ1v) is 7.80. The maximum absolute atomic E-state index is 13.5. The van der Waals surface area contributed by atoms with Gasteiger partial charge in [-0.05, 0) is 31.5 Å². The van der Waals surface area contributed by atoms with Gasteiger partial charge in [0.1, 0.15) is 6.61 Å². The minimum absolute atomic E-state index is 0.0443. The molecule has 0 fully saturated rings. The van der Waals surface area contributed by atoms with Gasteiger partial charge < -0.3 is 4.74 Å². The molecule has 0 atom stereocenters. The molecule has 1 rings (SSSR count). The summed E-state index contributed by atoms with van der Waals surface area (Å²) in [6.45, 7) is 3.15. The van der Waals surface area contributed by atoms with Gasteiger partial charge in [0, 0.05) is 5.88 Å². The van der Waals surface area contributed by atoms with Gasteiger partial charge >= 0.3 is 0 Å². The lowest BCUT2D eigenvalue weighted by molar-refractivity contribution is 0.322. The Morgan fingerprint density at radius 3 is 2.56 bits per heavy atom. The second kappa shape index (κ2) is 6.38. The van der Waals surface area contributed by atoms with E-state index in [4.69, 9.17) is 16.3 Å². The predicted octanol–water partition coefficient (Wildman–Crippen LogP) is 2.77. The molecule has 102 valence electrons. The Bertz CT molecular complexity index is 500. The second-order valence-corrected chi connectivity index (χ2v) is 7.11.